The Labute approximate surface area is 151 Å². The van der Waals surface area contributed by atoms with Crippen LogP contribution in [0, 0.1) is 0 Å². The van der Waals surface area contributed by atoms with Gasteiger partial charge in [0.25, 0.3) is 11.8 Å². The van der Waals surface area contributed by atoms with E-state index >= 15 is 0 Å². The van der Waals surface area contributed by atoms with E-state index in [1.165, 1.54) is 19.1 Å². The number of amides is 2. The summed E-state index contributed by atoms with van der Waals surface area (Å²) in [4.78, 5) is 37.7. The van der Waals surface area contributed by atoms with Gasteiger partial charge in [0.05, 0.1) is 31.2 Å². The number of hydrogen-bond acceptors (Lipinski definition) is 5. The molecular formula is C20H19NO5. The average Bonchev–Trinajstić information content (AvgIpc) is 2.91. The van der Waals surface area contributed by atoms with Crippen LogP contribution in [0.5, 0.6) is 0 Å². The average molecular weight is 353 g/mol. The lowest BCUT2D eigenvalue weighted by atomic mass is 10.0. The number of benzene rings is 2. The molecule has 2 amide bonds. The van der Waals surface area contributed by atoms with Gasteiger partial charge in [0.1, 0.15) is 6.10 Å². The second kappa shape index (κ2) is 7.49. The molecule has 0 fully saturated rings. The maximum Gasteiger partial charge on any atom is 0.309 e. The van der Waals surface area contributed by atoms with Crippen LogP contribution in [0.3, 0.4) is 0 Å². The lowest BCUT2D eigenvalue weighted by molar-refractivity contribution is -0.139. The molecule has 2 aromatic carbocycles. The van der Waals surface area contributed by atoms with Crippen molar-refractivity contribution >= 4 is 17.8 Å². The Morgan fingerprint density at radius 2 is 1.65 bits per heavy atom. The van der Waals surface area contributed by atoms with Gasteiger partial charge >= 0.3 is 5.97 Å². The van der Waals surface area contributed by atoms with E-state index in [1.807, 2.05) is 24.3 Å². The first-order valence-corrected chi connectivity index (χ1v) is 8.18. The highest BCUT2D eigenvalue weighted by Crippen LogP contribution is 2.27. The first-order valence-electron chi connectivity index (χ1n) is 8.18. The molecule has 1 heterocycles. The zero-order valence-electron chi connectivity index (χ0n) is 14.6. The number of fused-ring (bicyclic) bond motifs is 1. The second-order valence-electron chi connectivity index (χ2n) is 5.99. The number of carbonyl (C=O) groups is 3. The van der Waals surface area contributed by atoms with Crippen molar-refractivity contribution in [1.29, 1.82) is 0 Å². The van der Waals surface area contributed by atoms with Gasteiger partial charge in [-0.25, -0.2) is 0 Å². The number of imide groups is 1. The van der Waals surface area contributed by atoms with E-state index < -0.39 is 6.10 Å². The summed E-state index contributed by atoms with van der Waals surface area (Å²) in [6.07, 6.45) is -0.344. The zero-order chi connectivity index (χ0) is 18.7. The Balaban J connectivity index is 1.81. The lowest BCUT2D eigenvalue weighted by Crippen LogP contribution is -2.34. The predicted molar refractivity (Wildman–Crippen MR) is 93.7 cm³/mol. The third kappa shape index (κ3) is 3.36. The molecule has 0 spiro atoms. The van der Waals surface area contributed by atoms with Crippen LogP contribution < -0.4 is 0 Å². The van der Waals surface area contributed by atoms with Gasteiger partial charge in [-0.05, 0) is 23.3 Å². The molecular weight excluding hydrogens is 334 g/mol. The Kier molecular flexibility index (Phi) is 5.14. The summed E-state index contributed by atoms with van der Waals surface area (Å²) >= 11 is 0. The van der Waals surface area contributed by atoms with E-state index in [2.05, 4.69) is 4.74 Å². The second-order valence-corrected chi connectivity index (χ2v) is 5.99. The number of ether oxygens (including phenoxy) is 2. The van der Waals surface area contributed by atoms with Gasteiger partial charge in [-0.2, -0.15) is 0 Å². The minimum absolute atomic E-state index is 0.102. The predicted octanol–water partition coefficient (Wildman–Crippen LogP) is 2.39. The van der Waals surface area contributed by atoms with Crippen molar-refractivity contribution in [3.8, 4) is 0 Å². The maximum absolute atomic E-state index is 12.5. The number of rotatable bonds is 6. The monoisotopic (exact) mass is 353 g/mol. The molecule has 0 aromatic heterocycles. The van der Waals surface area contributed by atoms with E-state index in [1.54, 1.807) is 24.3 Å². The number of methoxy groups -OCH3 is 2. The quantitative estimate of drug-likeness (QED) is 0.589. The van der Waals surface area contributed by atoms with Gasteiger partial charge in [-0.3, -0.25) is 19.3 Å². The summed E-state index contributed by atoms with van der Waals surface area (Å²) in [5, 5.41) is 0. The Hall–Kier alpha value is -2.99. The molecule has 134 valence electrons. The van der Waals surface area contributed by atoms with Crippen molar-refractivity contribution in [2.45, 2.75) is 12.5 Å². The van der Waals surface area contributed by atoms with Crippen molar-refractivity contribution in [1.82, 2.24) is 4.90 Å². The highest BCUT2D eigenvalue weighted by molar-refractivity contribution is 6.21. The summed E-state index contributed by atoms with van der Waals surface area (Å²) in [7, 11) is 2.86. The van der Waals surface area contributed by atoms with Crippen molar-refractivity contribution in [3.63, 3.8) is 0 Å². The summed E-state index contributed by atoms with van der Waals surface area (Å²) in [6.45, 7) is 0.102. The fourth-order valence-corrected chi connectivity index (χ4v) is 3.03. The maximum atomic E-state index is 12.5. The van der Waals surface area contributed by atoms with Crippen LogP contribution in [0.4, 0.5) is 0 Å². The van der Waals surface area contributed by atoms with Crippen LogP contribution in [0.25, 0.3) is 0 Å². The molecule has 0 bridgehead atoms. The fraction of sp³-hybridized carbons (Fsp3) is 0.250. The van der Waals surface area contributed by atoms with Crippen LogP contribution in [0.2, 0.25) is 0 Å². The van der Waals surface area contributed by atoms with Gasteiger partial charge in [0.2, 0.25) is 0 Å². The van der Waals surface area contributed by atoms with Crippen LogP contribution in [0.15, 0.2) is 48.5 Å². The number of hydrogen-bond donors (Lipinski definition) is 0. The van der Waals surface area contributed by atoms with Gasteiger partial charge in [-0.15, -0.1) is 0 Å². The highest BCUT2D eigenvalue weighted by Gasteiger charge is 2.36. The molecule has 2 aromatic rings. The molecule has 0 saturated carbocycles. The third-order valence-electron chi connectivity index (χ3n) is 4.41. The molecule has 0 saturated heterocycles. The molecule has 1 unspecified atom stereocenters. The molecule has 0 aliphatic carbocycles. The molecule has 1 aliphatic rings. The van der Waals surface area contributed by atoms with E-state index in [-0.39, 0.29) is 30.7 Å². The summed E-state index contributed by atoms with van der Waals surface area (Å²) in [5.74, 6) is -0.979. The molecule has 6 heteroatoms. The molecule has 1 aliphatic heterocycles. The van der Waals surface area contributed by atoms with Crippen LogP contribution in [-0.4, -0.2) is 43.4 Å². The summed E-state index contributed by atoms with van der Waals surface area (Å²) in [6, 6.07) is 14.0. The van der Waals surface area contributed by atoms with Gasteiger partial charge in [0, 0.05) is 7.11 Å². The van der Waals surface area contributed by atoms with Gasteiger partial charge in [-0.1, -0.05) is 36.4 Å². The third-order valence-corrected chi connectivity index (χ3v) is 4.41. The standard InChI is InChI=1S/C20H19NO5/c1-25-17(14-7-5-6-13(10-14)11-18(22)26-2)12-21-19(23)15-8-3-4-9-16(15)20(21)24/h3-10,17H,11-12H2,1-2H3. The Morgan fingerprint density at radius 3 is 2.23 bits per heavy atom. The zero-order valence-corrected chi connectivity index (χ0v) is 14.6. The fourth-order valence-electron chi connectivity index (χ4n) is 3.03. The molecule has 0 N–H and O–H groups in total. The van der Waals surface area contributed by atoms with Crippen LogP contribution in [-0.2, 0) is 20.7 Å². The molecule has 0 radical (unpaired) electrons. The molecule has 3 rings (SSSR count). The minimum Gasteiger partial charge on any atom is -0.469 e. The van der Waals surface area contributed by atoms with Crippen LogP contribution >= 0.6 is 0 Å². The minimum atomic E-state index is -0.491. The SMILES string of the molecule is COC(=O)Cc1cccc(C(CN2C(=O)c3ccccc3C2=O)OC)c1. The number of nitrogens with zero attached hydrogens (tertiary/aromatic N) is 1. The van der Waals surface area contributed by atoms with Gasteiger partial charge < -0.3 is 9.47 Å². The van der Waals surface area contributed by atoms with E-state index in [0.29, 0.717) is 11.1 Å². The largest absolute Gasteiger partial charge is 0.469 e. The topological polar surface area (TPSA) is 72.9 Å². The lowest BCUT2D eigenvalue weighted by Gasteiger charge is -2.22. The number of esters is 1. The smallest absolute Gasteiger partial charge is 0.309 e. The molecule has 6 nitrogen and oxygen atoms in total. The highest BCUT2D eigenvalue weighted by atomic mass is 16.5. The molecule has 1 atom stereocenters. The van der Waals surface area contributed by atoms with Crippen molar-refractivity contribution in [2.75, 3.05) is 20.8 Å². The first kappa shape index (κ1) is 17.8. The number of carbonyl (C=O) groups excluding carboxylic acids is 3. The molecule has 26 heavy (non-hydrogen) atoms. The van der Waals surface area contributed by atoms with Gasteiger partial charge in [0.15, 0.2) is 0 Å². The van der Waals surface area contributed by atoms with Crippen molar-refractivity contribution in [2.24, 2.45) is 0 Å². The normalized spacial score (nSPS) is 14.3. The van der Waals surface area contributed by atoms with Crippen LogP contribution in [0.1, 0.15) is 37.9 Å². The van der Waals surface area contributed by atoms with Crippen molar-refractivity contribution < 1.29 is 23.9 Å². The first-order chi connectivity index (χ1) is 12.5. The Morgan fingerprint density at radius 1 is 1.00 bits per heavy atom. The van der Waals surface area contributed by atoms with E-state index in [9.17, 15) is 14.4 Å². The summed E-state index contributed by atoms with van der Waals surface area (Å²) in [5.41, 5.74) is 2.38. The van der Waals surface area contributed by atoms with Crippen molar-refractivity contribution in [3.05, 3.63) is 70.8 Å². The summed E-state index contributed by atoms with van der Waals surface area (Å²) < 4.78 is 10.2. The van der Waals surface area contributed by atoms with E-state index in [4.69, 9.17) is 4.74 Å². The Bertz CT molecular complexity index is 826. The van der Waals surface area contributed by atoms with E-state index in [0.717, 1.165) is 11.1 Å².